The second kappa shape index (κ2) is 9.93. The molecule has 0 radical (unpaired) electrons. The predicted molar refractivity (Wildman–Crippen MR) is 130 cm³/mol. The quantitative estimate of drug-likeness (QED) is 0.365. The number of nitrogens with zero attached hydrogens (tertiary/aromatic N) is 2. The largest absolute Gasteiger partial charge is 0.544 e. The van der Waals surface area contributed by atoms with Gasteiger partial charge in [0.25, 0.3) is 0 Å². The van der Waals surface area contributed by atoms with Crippen molar-refractivity contribution in [2.75, 3.05) is 11.4 Å². The van der Waals surface area contributed by atoms with Gasteiger partial charge in [0, 0.05) is 18.0 Å². The second-order valence-electron chi connectivity index (χ2n) is 8.33. The lowest BCUT2D eigenvalue weighted by Gasteiger charge is -2.25. The highest BCUT2D eigenvalue weighted by molar-refractivity contribution is 5.80. The number of carbonyl (C=O) groups is 1. The van der Waals surface area contributed by atoms with Crippen molar-refractivity contribution in [2.45, 2.75) is 32.8 Å². The Bertz CT molecular complexity index is 1360. The number of para-hydroxylation sites is 1. The van der Waals surface area contributed by atoms with Crippen molar-refractivity contribution in [1.29, 1.82) is 0 Å². The molecule has 0 fully saturated rings. The van der Waals surface area contributed by atoms with Crippen molar-refractivity contribution in [3.05, 3.63) is 90.1 Å². The van der Waals surface area contributed by atoms with Crippen molar-refractivity contribution in [3.63, 3.8) is 0 Å². The Morgan fingerprint density at radius 3 is 2.66 bits per heavy atom. The molecule has 1 atom stereocenters. The molecule has 7 heteroatoms. The van der Waals surface area contributed by atoms with E-state index in [1.165, 1.54) is 0 Å². The highest BCUT2D eigenvalue weighted by Crippen LogP contribution is 2.40. The summed E-state index contributed by atoms with van der Waals surface area (Å²) in [7, 11) is 0. The molecule has 2 heterocycles. The molecule has 0 aliphatic carbocycles. The smallest absolute Gasteiger partial charge is 0.213 e. The zero-order chi connectivity index (χ0) is 24.2. The molecule has 178 valence electrons. The average Bonchev–Trinajstić information content (AvgIpc) is 3.25. The Balaban J connectivity index is 1.23. The normalized spacial score (nSPS) is 14.4. The molecule has 0 spiro atoms. The molecule has 0 saturated heterocycles. The molecule has 1 aromatic heterocycles. The van der Waals surface area contributed by atoms with Crippen LogP contribution in [0.1, 0.15) is 24.6 Å². The lowest BCUT2D eigenvalue weighted by Crippen LogP contribution is -2.49. The lowest BCUT2D eigenvalue weighted by molar-refractivity contribution is -0.313. The summed E-state index contributed by atoms with van der Waals surface area (Å²) < 4.78 is 17.5. The fraction of sp³-hybridized carbons (Fsp3) is 0.214. The molecule has 4 aromatic rings. The van der Waals surface area contributed by atoms with Crippen LogP contribution in [0.3, 0.4) is 0 Å². The average molecular weight is 470 g/mol. The van der Waals surface area contributed by atoms with Gasteiger partial charge in [0.15, 0.2) is 0 Å². The molecule has 0 N–H and O–H groups in total. The fourth-order valence-electron chi connectivity index (χ4n) is 4.11. The molecule has 3 aromatic carbocycles. The number of fused-ring (bicyclic) bond motifs is 2. The molecular weight excluding hydrogens is 444 g/mol. The van der Waals surface area contributed by atoms with Gasteiger partial charge in [0.2, 0.25) is 6.23 Å². The van der Waals surface area contributed by atoms with Crippen LogP contribution in [-0.4, -0.2) is 23.7 Å². The Kier molecular flexibility index (Phi) is 6.39. The molecule has 0 saturated carbocycles. The molecule has 5 rings (SSSR count). The minimum Gasteiger partial charge on any atom is -0.544 e. The van der Waals surface area contributed by atoms with Crippen molar-refractivity contribution >= 4 is 22.6 Å². The van der Waals surface area contributed by atoms with Crippen LogP contribution in [0.4, 0.5) is 5.69 Å². The van der Waals surface area contributed by atoms with E-state index in [1.54, 1.807) is 23.1 Å². The number of rotatable bonds is 9. The van der Waals surface area contributed by atoms with Crippen molar-refractivity contribution in [1.82, 2.24) is 4.98 Å². The number of hydrogen-bond acceptors (Lipinski definition) is 7. The van der Waals surface area contributed by atoms with E-state index in [-0.39, 0.29) is 0 Å². The number of anilines is 1. The summed E-state index contributed by atoms with van der Waals surface area (Å²) in [5.41, 5.74) is 3.44. The van der Waals surface area contributed by atoms with Crippen LogP contribution >= 0.6 is 0 Å². The monoisotopic (exact) mass is 469 g/mol. The Labute approximate surface area is 203 Å². The van der Waals surface area contributed by atoms with Crippen LogP contribution in [0.25, 0.3) is 10.9 Å². The number of carboxylic acids is 1. The van der Waals surface area contributed by atoms with Gasteiger partial charge in [0.05, 0.1) is 16.9 Å². The number of hydrogen-bond donors (Lipinski definition) is 0. The van der Waals surface area contributed by atoms with Gasteiger partial charge in [-0.05, 0) is 48.4 Å². The highest BCUT2D eigenvalue weighted by atomic mass is 16.5. The number of pyridine rings is 1. The van der Waals surface area contributed by atoms with E-state index in [2.05, 4.69) is 4.98 Å². The summed E-state index contributed by atoms with van der Waals surface area (Å²) in [6.07, 6.45) is -0.342. The van der Waals surface area contributed by atoms with E-state index in [4.69, 9.17) is 14.2 Å². The maximum absolute atomic E-state index is 11.5. The second-order valence-corrected chi connectivity index (χ2v) is 8.33. The van der Waals surface area contributed by atoms with E-state index in [1.807, 2.05) is 67.6 Å². The third-order valence-corrected chi connectivity index (χ3v) is 5.77. The molecule has 35 heavy (non-hydrogen) atoms. The lowest BCUT2D eigenvalue weighted by atomic mass is 10.2. The van der Waals surface area contributed by atoms with Gasteiger partial charge in [-0.1, -0.05) is 43.3 Å². The molecule has 1 aliphatic rings. The Morgan fingerprint density at radius 2 is 1.80 bits per heavy atom. The summed E-state index contributed by atoms with van der Waals surface area (Å²) in [6, 6.07) is 25.0. The van der Waals surface area contributed by atoms with Gasteiger partial charge in [-0.15, -0.1) is 0 Å². The third kappa shape index (κ3) is 4.99. The first kappa shape index (κ1) is 22.5. The zero-order valence-corrected chi connectivity index (χ0v) is 19.3. The standard InChI is InChI=1S/C28H26N2O5/c1-2-14-30-25-16-23(12-13-26(25)35-27(30)28(31)32)33-17-19-6-5-8-22(15-19)34-18-21-11-10-20-7-3-4-9-24(20)29-21/h3-13,15-16,27H,2,14,17-18H2,1H3,(H,31,32)/p-1. The van der Waals surface area contributed by atoms with Gasteiger partial charge in [0.1, 0.15) is 36.4 Å². The number of ether oxygens (including phenoxy) is 3. The summed E-state index contributed by atoms with van der Waals surface area (Å²) >= 11 is 0. The maximum atomic E-state index is 11.5. The minimum atomic E-state index is -1.26. The van der Waals surface area contributed by atoms with Crippen molar-refractivity contribution < 1.29 is 24.1 Å². The Morgan fingerprint density at radius 1 is 0.971 bits per heavy atom. The van der Waals surface area contributed by atoms with E-state index in [9.17, 15) is 9.90 Å². The molecule has 1 unspecified atom stereocenters. The molecule has 0 amide bonds. The van der Waals surface area contributed by atoms with Crippen LogP contribution in [0.2, 0.25) is 0 Å². The van der Waals surface area contributed by atoms with Crippen LogP contribution in [0, 0.1) is 0 Å². The van der Waals surface area contributed by atoms with Gasteiger partial charge in [-0.25, -0.2) is 4.98 Å². The molecule has 1 aliphatic heterocycles. The highest BCUT2D eigenvalue weighted by Gasteiger charge is 2.31. The van der Waals surface area contributed by atoms with E-state index in [0.717, 1.165) is 34.3 Å². The molecule has 7 nitrogen and oxygen atoms in total. The predicted octanol–water partition coefficient (Wildman–Crippen LogP) is 4.08. The van der Waals surface area contributed by atoms with Gasteiger partial charge in [-0.3, -0.25) is 0 Å². The molecule has 0 bridgehead atoms. The zero-order valence-electron chi connectivity index (χ0n) is 19.3. The van der Waals surface area contributed by atoms with Gasteiger partial charge < -0.3 is 29.0 Å². The summed E-state index contributed by atoms with van der Waals surface area (Å²) in [5.74, 6) is 0.610. The van der Waals surface area contributed by atoms with E-state index in [0.29, 0.717) is 36.9 Å². The van der Waals surface area contributed by atoms with Crippen molar-refractivity contribution in [2.24, 2.45) is 0 Å². The van der Waals surface area contributed by atoms with Crippen LogP contribution in [0.15, 0.2) is 78.9 Å². The first-order valence-electron chi connectivity index (χ1n) is 11.6. The van der Waals surface area contributed by atoms with Gasteiger partial charge in [-0.2, -0.15) is 0 Å². The van der Waals surface area contributed by atoms with Gasteiger partial charge >= 0.3 is 0 Å². The first-order valence-corrected chi connectivity index (χ1v) is 11.6. The number of carbonyl (C=O) groups excluding carboxylic acids is 1. The number of benzene rings is 3. The van der Waals surface area contributed by atoms with E-state index >= 15 is 0 Å². The number of carboxylic acid groups (broad SMARTS) is 1. The number of aliphatic carboxylic acids is 1. The summed E-state index contributed by atoms with van der Waals surface area (Å²) in [5, 5.41) is 12.6. The first-order chi connectivity index (χ1) is 17.1. The topological polar surface area (TPSA) is 84.0 Å². The van der Waals surface area contributed by atoms with Crippen LogP contribution < -0.4 is 24.2 Å². The number of aromatic nitrogens is 1. The van der Waals surface area contributed by atoms with Crippen molar-refractivity contribution in [3.8, 4) is 17.2 Å². The SMILES string of the molecule is CCCN1c2cc(OCc3cccc(OCc4ccc5ccccc5n4)c3)ccc2OC1C(=O)[O-]. The third-order valence-electron chi connectivity index (χ3n) is 5.77. The van der Waals surface area contributed by atoms with Crippen LogP contribution in [0.5, 0.6) is 17.2 Å². The fourth-order valence-corrected chi connectivity index (χ4v) is 4.11. The maximum Gasteiger partial charge on any atom is 0.213 e. The molecular formula is C28H25N2O5-. The Hall–Kier alpha value is -4.26. The summed E-state index contributed by atoms with van der Waals surface area (Å²) in [4.78, 5) is 17.8. The van der Waals surface area contributed by atoms with E-state index < -0.39 is 12.2 Å². The minimum absolute atomic E-state index is 0.336. The van der Waals surface area contributed by atoms with Crippen LogP contribution in [-0.2, 0) is 18.0 Å². The summed E-state index contributed by atoms with van der Waals surface area (Å²) in [6.45, 7) is 3.23.